The summed E-state index contributed by atoms with van der Waals surface area (Å²) in [5, 5.41) is 0.914. The minimum atomic E-state index is -0.349. The lowest BCUT2D eigenvalue weighted by Crippen LogP contribution is -2.42. The van der Waals surface area contributed by atoms with Gasteiger partial charge in [-0.25, -0.2) is 0 Å². The van der Waals surface area contributed by atoms with Crippen LogP contribution in [0.2, 0.25) is 0 Å². The van der Waals surface area contributed by atoms with E-state index in [1.54, 1.807) is 18.4 Å². The molecule has 2 N–H and O–H groups in total. The molecule has 5 nitrogen and oxygen atoms in total. The van der Waals surface area contributed by atoms with Crippen LogP contribution in [-0.2, 0) is 17.6 Å². The molecule has 1 aromatic heterocycles. The van der Waals surface area contributed by atoms with Gasteiger partial charge in [-0.15, -0.1) is 0 Å². The lowest BCUT2D eigenvalue weighted by molar-refractivity contribution is -0.121. The van der Waals surface area contributed by atoms with Crippen molar-refractivity contribution in [2.45, 2.75) is 26.7 Å². The number of benzene rings is 2. The fraction of sp³-hybridized carbons (Fsp3) is 0.200. The molecule has 0 saturated carbocycles. The van der Waals surface area contributed by atoms with Crippen molar-refractivity contribution < 1.29 is 14.0 Å². The number of fused-ring (bicyclic) bond motifs is 1. The Morgan fingerprint density at radius 2 is 1.80 bits per heavy atom. The Morgan fingerprint density at radius 1 is 1.04 bits per heavy atom. The van der Waals surface area contributed by atoms with Crippen molar-refractivity contribution in [3.8, 4) is 0 Å². The monoisotopic (exact) mass is 336 g/mol. The van der Waals surface area contributed by atoms with Gasteiger partial charge < -0.3 is 4.42 Å². The quantitative estimate of drug-likeness (QED) is 0.718. The molecule has 0 aliphatic heterocycles. The van der Waals surface area contributed by atoms with Gasteiger partial charge in [0.15, 0.2) is 0 Å². The Bertz CT molecular complexity index is 910. The standard InChI is InChI=1S/C20H20N2O3/c1-3-14-6-9-17-16(12-25-18(17)10-14)11-19(23)21-22-20(24)15-7-4-13(2)5-8-15/h4-10,12H,3,11H2,1-2H3,(H,21,23)(H,22,24). The molecule has 0 bridgehead atoms. The molecule has 2 amide bonds. The summed E-state index contributed by atoms with van der Waals surface area (Å²) < 4.78 is 5.53. The maximum absolute atomic E-state index is 12.1. The van der Waals surface area contributed by atoms with Crippen LogP contribution in [0.3, 0.4) is 0 Å². The smallest absolute Gasteiger partial charge is 0.269 e. The van der Waals surface area contributed by atoms with Gasteiger partial charge in [0.05, 0.1) is 12.7 Å². The van der Waals surface area contributed by atoms with Gasteiger partial charge in [0.1, 0.15) is 5.58 Å². The fourth-order valence-corrected chi connectivity index (χ4v) is 2.61. The largest absolute Gasteiger partial charge is 0.464 e. The second-order valence-electron chi connectivity index (χ2n) is 5.99. The summed E-state index contributed by atoms with van der Waals surface area (Å²) in [4.78, 5) is 24.1. The molecular weight excluding hydrogens is 316 g/mol. The number of hydrazine groups is 1. The summed E-state index contributed by atoms with van der Waals surface area (Å²) in [7, 11) is 0. The molecule has 0 unspecified atom stereocenters. The fourth-order valence-electron chi connectivity index (χ4n) is 2.61. The van der Waals surface area contributed by atoms with E-state index in [2.05, 4.69) is 17.8 Å². The first-order valence-corrected chi connectivity index (χ1v) is 8.21. The van der Waals surface area contributed by atoms with E-state index in [4.69, 9.17) is 4.42 Å². The Balaban J connectivity index is 1.61. The van der Waals surface area contributed by atoms with Crippen LogP contribution in [0.15, 0.2) is 53.1 Å². The maximum atomic E-state index is 12.1. The van der Waals surface area contributed by atoms with Gasteiger partial charge in [-0.05, 0) is 37.1 Å². The second kappa shape index (κ2) is 7.21. The Labute approximate surface area is 146 Å². The van der Waals surface area contributed by atoms with Crippen LogP contribution in [0, 0.1) is 6.92 Å². The number of carbonyl (C=O) groups is 2. The summed E-state index contributed by atoms with van der Waals surface area (Å²) in [6, 6.07) is 13.1. The summed E-state index contributed by atoms with van der Waals surface area (Å²) >= 11 is 0. The van der Waals surface area contributed by atoms with E-state index in [0.29, 0.717) is 5.56 Å². The predicted molar refractivity (Wildman–Crippen MR) is 96.1 cm³/mol. The highest BCUT2D eigenvalue weighted by Crippen LogP contribution is 2.23. The average Bonchev–Trinajstić information content (AvgIpc) is 3.02. The maximum Gasteiger partial charge on any atom is 0.269 e. The van der Waals surface area contributed by atoms with Crippen LogP contribution < -0.4 is 10.9 Å². The zero-order chi connectivity index (χ0) is 17.8. The number of rotatable bonds is 4. The van der Waals surface area contributed by atoms with Crippen LogP contribution in [0.5, 0.6) is 0 Å². The van der Waals surface area contributed by atoms with E-state index in [1.807, 2.05) is 37.3 Å². The first-order valence-electron chi connectivity index (χ1n) is 8.21. The molecule has 5 heteroatoms. The van der Waals surface area contributed by atoms with E-state index in [0.717, 1.165) is 28.5 Å². The molecule has 3 aromatic rings. The van der Waals surface area contributed by atoms with E-state index < -0.39 is 0 Å². The van der Waals surface area contributed by atoms with Gasteiger partial charge >= 0.3 is 0 Å². The van der Waals surface area contributed by atoms with Gasteiger partial charge in [0, 0.05) is 16.5 Å². The second-order valence-corrected chi connectivity index (χ2v) is 5.99. The third-order valence-corrected chi connectivity index (χ3v) is 4.11. The molecule has 3 rings (SSSR count). The Kier molecular flexibility index (Phi) is 4.84. The van der Waals surface area contributed by atoms with Crippen molar-refractivity contribution in [3.05, 3.63) is 71.0 Å². The normalized spacial score (nSPS) is 10.6. The van der Waals surface area contributed by atoms with Crippen molar-refractivity contribution >= 4 is 22.8 Å². The molecular formula is C20H20N2O3. The zero-order valence-corrected chi connectivity index (χ0v) is 14.3. The number of amides is 2. The molecule has 0 fully saturated rings. The summed E-state index contributed by atoms with van der Waals surface area (Å²) in [5.74, 6) is -0.652. The molecule has 0 radical (unpaired) electrons. The Morgan fingerprint density at radius 3 is 2.52 bits per heavy atom. The molecule has 0 saturated heterocycles. The molecule has 128 valence electrons. The Hall–Kier alpha value is -3.08. The highest BCUT2D eigenvalue weighted by atomic mass is 16.3. The number of hydrogen-bond acceptors (Lipinski definition) is 3. The lowest BCUT2D eigenvalue weighted by Gasteiger charge is -2.07. The number of furan rings is 1. The third-order valence-electron chi connectivity index (χ3n) is 4.11. The van der Waals surface area contributed by atoms with Gasteiger partial charge in [-0.2, -0.15) is 0 Å². The van der Waals surface area contributed by atoms with E-state index in [1.165, 1.54) is 5.56 Å². The van der Waals surface area contributed by atoms with Crippen molar-refractivity contribution in [1.82, 2.24) is 10.9 Å². The van der Waals surface area contributed by atoms with Gasteiger partial charge in [0.25, 0.3) is 5.91 Å². The number of carbonyl (C=O) groups excluding carboxylic acids is 2. The number of aryl methyl sites for hydroxylation is 2. The van der Waals surface area contributed by atoms with Gasteiger partial charge in [-0.3, -0.25) is 20.4 Å². The summed E-state index contributed by atoms with van der Waals surface area (Å²) in [6.07, 6.45) is 2.65. The molecule has 1 heterocycles. The van der Waals surface area contributed by atoms with Crippen molar-refractivity contribution in [2.24, 2.45) is 0 Å². The highest BCUT2D eigenvalue weighted by Gasteiger charge is 2.12. The van der Waals surface area contributed by atoms with Gasteiger partial charge in [-0.1, -0.05) is 36.8 Å². The van der Waals surface area contributed by atoms with E-state index in [-0.39, 0.29) is 18.2 Å². The van der Waals surface area contributed by atoms with Crippen LogP contribution >= 0.6 is 0 Å². The minimum absolute atomic E-state index is 0.132. The van der Waals surface area contributed by atoms with Crippen molar-refractivity contribution in [1.29, 1.82) is 0 Å². The average molecular weight is 336 g/mol. The van der Waals surface area contributed by atoms with Gasteiger partial charge in [0.2, 0.25) is 5.91 Å². The molecule has 0 spiro atoms. The summed E-state index contributed by atoms with van der Waals surface area (Å²) in [6.45, 7) is 4.03. The highest BCUT2D eigenvalue weighted by molar-refractivity contribution is 5.96. The van der Waals surface area contributed by atoms with Crippen LogP contribution in [0.1, 0.15) is 34.0 Å². The molecule has 2 aromatic carbocycles. The molecule has 25 heavy (non-hydrogen) atoms. The molecule has 0 aliphatic carbocycles. The lowest BCUT2D eigenvalue weighted by atomic mass is 10.1. The SMILES string of the molecule is CCc1ccc2c(CC(=O)NNC(=O)c3ccc(C)cc3)coc2c1. The van der Waals surface area contributed by atoms with Crippen molar-refractivity contribution in [3.63, 3.8) is 0 Å². The van der Waals surface area contributed by atoms with Crippen molar-refractivity contribution in [2.75, 3.05) is 0 Å². The zero-order valence-electron chi connectivity index (χ0n) is 14.3. The van der Waals surface area contributed by atoms with E-state index >= 15 is 0 Å². The topological polar surface area (TPSA) is 71.3 Å². The van der Waals surface area contributed by atoms with Crippen LogP contribution in [0.25, 0.3) is 11.0 Å². The van der Waals surface area contributed by atoms with E-state index in [9.17, 15) is 9.59 Å². The third kappa shape index (κ3) is 3.88. The number of hydrogen-bond donors (Lipinski definition) is 2. The summed E-state index contributed by atoms with van der Waals surface area (Å²) in [5.41, 5.74) is 9.17. The predicted octanol–water partition coefficient (Wildman–Crippen LogP) is 3.31. The van der Waals surface area contributed by atoms with Crippen LogP contribution in [-0.4, -0.2) is 11.8 Å². The minimum Gasteiger partial charge on any atom is -0.464 e. The number of nitrogens with one attached hydrogen (secondary N) is 2. The van der Waals surface area contributed by atoms with Crippen LogP contribution in [0.4, 0.5) is 0 Å². The molecule has 0 atom stereocenters. The molecule has 0 aliphatic rings. The first-order chi connectivity index (χ1) is 12.1. The first kappa shape index (κ1) is 16.8.